The number of aromatic nitrogens is 2. The molecule has 58 valence electrons. The molecule has 0 aromatic carbocycles. The summed E-state index contributed by atoms with van der Waals surface area (Å²) in [5.41, 5.74) is 0. The van der Waals surface area contributed by atoms with Crippen LogP contribution in [0.15, 0.2) is 12.4 Å². The van der Waals surface area contributed by atoms with E-state index in [0.717, 1.165) is 0 Å². The Hall–Kier alpha value is -1.21. The highest BCUT2D eigenvalue weighted by atomic mass is 35.5. The first-order chi connectivity index (χ1) is 5.33. The van der Waals surface area contributed by atoms with Gasteiger partial charge in [0.25, 0.3) is 0 Å². The maximum absolute atomic E-state index is 8.13. The Morgan fingerprint density at radius 2 is 2.64 bits per heavy atom. The molecular formula is C6H7ClN4. The first-order valence-corrected chi connectivity index (χ1v) is 3.50. The van der Waals surface area contributed by atoms with Gasteiger partial charge in [-0.2, -0.15) is 10.4 Å². The Balaban J connectivity index is 2.34. The largest absolute Gasteiger partial charge is 0.322 e. The zero-order valence-electron chi connectivity index (χ0n) is 5.79. The zero-order valence-corrected chi connectivity index (χ0v) is 6.54. The molecule has 1 rings (SSSR count). The topological polar surface area (TPSA) is 53.6 Å². The average Bonchev–Trinajstić information content (AvgIpc) is 2.37. The maximum atomic E-state index is 8.13. The summed E-state index contributed by atoms with van der Waals surface area (Å²) in [6.45, 7) is 1.23. The van der Waals surface area contributed by atoms with Gasteiger partial charge in [0.1, 0.15) is 0 Å². The van der Waals surface area contributed by atoms with Crippen LogP contribution in [-0.2, 0) is 6.54 Å². The zero-order chi connectivity index (χ0) is 8.10. The molecule has 11 heavy (non-hydrogen) atoms. The second-order valence-corrected chi connectivity index (χ2v) is 2.40. The molecule has 1 N–H and O–H groups in total. The third-order valence-corrected chi connectivity index (χ3v) is 1.34. The van der Waals surface area contributed by atoms with Crippen LogP contribution in [-0.4, -0.2) is 16.3 Å². The average molecular weight is 171 g/mol. The van der Waals surface area contributed by atoms with E-state index in [1.54, 1.807) is 17.1 Å². The van der Waals surface area contributed by atoms with Crippen molar-refractivity contribution in [1.29, 1.82) is 5.26 Å². The number of rotatable bonds is 3. The first kappa shape index (κ1) is 7.89. The van der Waals surface area contributed by atoms with Gasteiger partial charge in [0.05, 0.1) is 17.8 Å². The van der Waals surface area contributed by atoms with Gasteiger partial charge in [0, 0.05) is 12.7 Å². The van der Waals surface area contributed by atoms with Gasteiger partial charge in [-0.1, -0.05) is 11.6 Å². The Morgan fingerprint density at radius 3 is 3.18 bits per heavy atom. The predicted octanol–water partition coefficient (Wildman–Crippen LogP) is 0.607. The van der Waals surface area contributed by atoms with Crippen molar-refractivity contribution in [2.45, 2.75) is 6.54 Å². The minimum absolute atomic E-state index is 0.578. The third kappa shape index (κ3) is 2.48. The molecule has 0 atom stereocenters. The van der Waals surface area contributed by atoms with Crippen molar-refractivity contribution < 1.29 is 0 Å². The summed E-state index contributed by atoms with van der Waals surface area (Å²) in [7, 11) is 0. The van der Waals surface area contributed by atoms with Gasteiger partial charge < -0.3 is 5.32 Å². The molecule has 0 fully saturated rings. The highest BCUT2D eigenvalue weighted by Crippen LogP contribution is 2.03. The van der Waals surface area contributed by atoms with Gasteiger partial charge in [0.2, 0.25) is 0 Å². The van der Waals surface area contributed by atoms with Gasteiger partial charge in [-0.15, -0.1) is 0 Å². The molecule has 0 saturated carbocycles. The fourth-order valence-corrected chi connectivity index (χ4v) is 0.843. The summed E-state index contributed by atoms with van der Waals surface area (Å²) in [4.78, 5) is 0. The van der Waals surface area contributed by atoms with E-state index in [1.165, 1.54) is 0 Å². The second kappa shape index (κ2) is 3.84. The smallest absolute Gasteiger partial charge is 0.176 e. The molecule has 0 saturated heterocycles. The van der Waals surface area contributed by atoms with Crippen molar-refractivity contribution >= 4 is 11.6 Å². The Morgan fingerprint density at radius 1 is 1.82 bits per heavy atom. The monoisotopic (exact) mass is 170 g/mol. The number of hydrogen-bond acceptors (Lipinski definition) is 3. The molecule has 0 aliphatic heterocycles. The quantitative estimate of drug-likeness (QED) is 0.411. The van der Waals surface area contributed by atoms with Crippen LogP contribution < -0.4 is 5.32 Å². The highest BCUT2D eigenvalue weighted by Gasteiger charge is 1.92. The molecule has 1 aromatic rings. The number of hydrogen-bond donors (Lipinski definition) is 1. The van der Waals surface area contributed by atoms with E-state index in [4.69, 9.17) is 16.9 Å². The summed E-state index contributed by atoms with van der Waals surface area (Å²) in [5.74, 6) is 0. The summed E-state index contributed by atoms with van der Waals surface area (Å²) < 4.78 is 1.67. The molecular weight excluding hydrogens is 164 g/mol. The molecule has 0 spiro atoms. The summed E-state index contributed by atoms with van der Waals surface area (Å²) in [6.07, 6.45) is 5.09. The lowest BCUT2D eigenvalue weighted by Crippen LogP contribution is -2.14. The Kier molecular flexibility index (Phi) is 2.75. The van der Waals surface area contributed by atoms with E-state index in [1.807, 2.05) is 6.19 Å². The van der Waals surface area contributed by atoms with E-state index >= 15 is 0 Å². The first-order valence-electron chi connectivity index (χ1n) is 3.13. The number of nitrogens with zero attached hydrogens (tertiary/aromatic N) is 3. The standard InChI is InChI=1S/C6H7ClN4/c7-6-3-10-11(4-6)2-1-9-5-8/h3-4,9H,1-2H2. The molecule has 0 aliphatic carbocycles. The minimum Gasteiger partial charge on any atom is -0.322 e. The van der Waals surface area contributed by atoms with Crippen LogP contribution in [0.25, 0.3) is 0 Å². The van der Waals surface area contributed by atoms with Crippen LogP contribution in [0.3, 0.4) is 0 Å². The minimum atomic E-state index is 0.578. The molecule has 5 heteroatoms. The molecule has 1 heterocycles. The normalized spacial score (nSPS) is 9.09. The lowest BCUT2D eigenvalue weighted by Gasteiger charge is -1.96. The van der Waals surface area contributed by atoms with Crippen LogP contribution in [0.1, 0.15) is 0 Å². The molecule has 4 nitrogen and oxygen atoms in total. The molecule has 0 bridgehead atoms. The van der Waals surface area contributed by atoms with Crippen LogP contribution in [0.5, 0.6) is 0 Å². The lowest BCUT2D eigenvalue weighted by atomic mass is 10.6. The number of nitriles is 1. The summed E-state index contributed by atoms with van der Waals surface area (Å²) >= 11 is 5.60. The van der Waals surface area contributed by atoms with E-state index in [2.05, 4.69) is 10.4 Å². The fourth-order valence-electron chi connectivity index (χ4n) is 0.687. The third-order valence-electron chi connectivity index (χ3n) is 1.15. The second-order valence-electron chi connectivity index (χ2n) is 1.96. The van der Waals surface area contributed by atoms with Crippen molar-refractivity contribution in [3.05, 3.63) is 17.4 Å². The van der Waals surface area contributed by atoms with Crippen LogP contribution in [0, 0.1) is 11.5 Å². The maximum Gasteiger partial charge on any atom is 0.176 e. The van der Waals surface area contributed by atoms with E-state index < -0.39 is 0 Å². The lowest BCUT2D eigenvalue weighted by molar-refractivity contribution is 0.598. The number of nitrogens with one attached hydrogen (secondary N) is 1. The summed E-state index contributed by atoms with van der Waals surface area (Å²) in [6, 6.07) is 0. The number of halogens is 1. The molecule has 0 amide bonds. The molecule has 1 aromatic heterocycles. The van der Waals surface area contributed by atoms with Gasteiger partial charge in [-0.05, 0) is 0 Å². The molecule has 0 unspecified atom stereocenters. The van der Waals surface area contributed by atoms with Crippen LogP contribution in [0.2, 0.25) is 5.02 Å². The molecule has 0 radical (unpaired) electrons. The Labute approximate surface area is 69.4 Å². The van der Waals surface area contributed by atoms with Crippen LogP contribution >= 0.6 is 11.6 Å². The van der Waals surface area contributed by atoms with Gasteiger partial charge >= 0.3 is 0 Å². The van der Waals surface area contributed by atoms with E-state index in [-0.39, 0.29) is 0 Å². The SMILES string of the molecule is N#CNCCn1cc(Cl)cn1. The van der Waals surface area contributed by atoms with Crippen molar-refractivity contribution in [3.8, 4) is 6.19 Å². The Bertz CT molecular complexity index is 262. The fraction of sp³-hybridized carbons (Fsp3) is 0.333. The predicted molar refractivity (Wildman–Crippen MR) is 40.9 cm³/mol. The van der Waals surface area contributed by atoms with Gasteiger partial charge in [0.15, 0.2) is 6.19 Å². The summed E-state index contributed by atoms with van der Waals surface area (Å²) in [5, 5.41) is 15.2. The van der Waals surface area contributed by atoms with Crippen LogP contribution in [0.4, 0.5) is 0 Å². The van der Waals surface area contributed by atoms with Crippen molar-refractivity contribution in [3.63, 3.8) is 0 Å². The van der Waals surface area contributed by atoms with Crippen molar-refractivity contribution in [2.24, 2.45) is 0 Å². The van der Waals surface area contributed by atoms with Crippen molar-refractivity contribution in [2.75, 3.05) is 6.54 Å². The van der Waals surface area contributed by atoms with Gasteiger partial charge in [-0.3, -0.25) is 4.68 Å². The van der Waals surface area contributed by atoms with Gasteiger partial charge in [-0.25, -0.2) is 0 Å². The van der Waals surface area contributed by atoms with E-state index in [0.29, 0.717) is 18.1 Å². The molecule has 0 aliphatic rings. The van der Waals surface area contributed by atoms with Crippen molar-refractivity contribution in [1.82, 2.24) is 15.1 Å². The highest BCUT2D eigenvalue weighted by molar-refractivity contribution is 6.30. The van der Waals surface area contributed by atoms with E-state index in [9.17, 15) is 0 Å².